The lowest BCUT2D eigenvalue weighted by Gasteiger charge is -2.20. The van der Waals surface area contributed by atoms with Crippen molar-refractivity contribution in [3.63, 3.8) is 0 Å². The summed E-state index contributed by atoms with van der Waals surface area (Å²) in [5.74, 6) is -2.36. The van der Waals surface area contributed by atoms with Crippen molar-refractivity contribution >= 4 is 23.5 Å². The monoisotopic (exact) mass is 305 g/mol. The minimum atomic E-state index is -1.23. The van der Waals surface area contributed by atoms with Crippen LogP contribution < -0.4 is 4.90 Å². The molecule has 118 valence electrons. The van der Waals surface area contributed by atoms with Gasteiger partial charge in [0.1, 0.15) is 6.54 Å². The maximum atomic E-state index is 12.1. The van der Waals surface area contributed by atoms with Gasteiger partial charge in [0, 0.05) is 17.8 Å². The highest BCUT2D eigenvalue weighted by atomic mass is 16.5. The Morgan fingerprint density at radius 3 is 2.45 bits per heavy atom. The van der Waals surface area contributed by atoms with Gasteiger partial charge in [-0.1, -0.05) is 31.5 Å². The van der Waals surface area contributed by atoms with E-state index in [2.05, 4.69) is 0 Å². The number of esters is 1. The van der Waals surface area contributed by atoms with E-state index in [1.807, 2.05) is 6.92 Å². The molecule has 0 aliphatic carbocycles. The molecular weight excluding hydrogens is 286 g/mol. The van der Waals surface area contributed by atoms with E-state index in [0.717, 1.165) is 25.0 Å². The van der Waals surface area contributed by atoms with Crippen molar-refractivity contribution in [1.29, 1.82) is 0 Å². The second-order valence-corrected chi connectivity index (χ2v) is 4.51. The number of aliphatic carboxylic acids is 1. The fourth-order valence-electron chi connectivity index (χ4n) is 1.64. The molecule has 0 fully saturated rings. The van der Waals surface area contributed by atoms with E-state index < -0.39 is 17.8 Å². The Hall–Kier alpha value is -2.63. The van der Waals surface area contributed by atoms with Crippen molar-refractivity contribution in [2.24, 2.45) is 0 Å². The van der Waals surface area contributed by atoms with Crippen LogP contribution in [0, 0.1) is 0 Å². The summed E-state index contributed by atoms with van der Waals surface area (Å²) in [6, 6.07) is 8.54. The number of carboxylic acids is 1. The number of hydrogen-bond acceptors (Lipinski definition) is 4. The molecule has 0 radical (unpaired) electrons. The molecule has 0 unspecified atom stereocenters. The highest BCUT2D eigenvalue weighted by Crippen LogP contribution is 2.14. The zero-order chi connectivity index (χ0) is 16.4. The third-order valence-electron chi connectivity index (χ3n) is 2.75. The van der Waals surface area contributed by atoms with Crippen LogP contribution in [-0.4, -0.2) is 36.1 Å². The van der Waals surface area contributed by atoms with Gasteiger partial charge in [0.05, 0.1) is 6.61 Å². The van der Waals surface area contributed by atoms with E-state index in [1.54, 1.807) is 30.3 Å². The third-order valence-corrected chi connectivity index (χ3v) is 2.75. The largest absolute Gasteiger partial charge is 0.478 e. The van der Waals surface area contributed by atoms with Crippen LogP contribution in [0.2, 0.25) is 0 Å². The molecule has 22 heavy (non-hydrogen) atoms. The van der Waals surface area contributed by atoms with Crippen LogP contribution in [0.5, 0.6) is 0 Å². The number of hydrogen-bond donors (Lipinski definition) is 1. The predicted octanol–water partition coefficient (Wildman–Crippen LogP) is 2.00. The van der Waals surface area contributed by atoms with Crippen molar-refractivity contribution in [3.8, 4) is 0 Å². The number of nitrogens with zero attached hydrogens (tertiary/aromatic N) is 1. The average molecular weight is 305 g/mol. The van der Waals surface area contributed by atoms with Gasteiger partial charge in [-0.05, 0) is 18.6 Å². The maximum absolute atomic E-state index is 12.1. The molecular formula is C16H19NO5. The number of benzene rings is 1. The molecule has 0 saturated heterocycles. The normalized spacial score (nSPS) is 10.4. The first-order valence-corrected chi connectivity index (χ1v) is 6.97. The molecule has 1 aromatic carbocycles. The summed E-state index contributed by atoms with van der Waals surface area (Å²) < 4.78 is 5.04. The standard InChI is InChI=1S/C16H19NO5/c1-2-3-11-22-16(21)12-17(13-7-5-4-6-8-13)14(18)9-10-15(19)20/h4-10H,2-3,11-12H2,1H3,(H,19,20). The molecule has 0 spiro atoms. The first-order chi connectivity index (χ1) is 10.5. The first-order valence-electron chi connectivity index (χ1n) is 6.97. The lowest BCUT2D eigenvalue weighted by atomic mass is 10.2. The van der Waals surface area contributed by atoms with Crippen LogP contribution in [0.15, 0.2) is 42.5 Å². The Labute approximate surface area is 129 Å². The molecule has 1 aromatic rings. The highest BCUT2D eigenvalue weighted by molar-refractivity contribution is 6.06. The summed E-state index contributed by atoms with van der Waals surface area (Å²) in [5, 5.41) is 8.59. The summed E-state index contributed by atoms with van der Waals surface area (Å²) in [4.78, 5) is 35.6. The lowest BCUT2D eigenvalue weighted by molar-refractivity contribution is -0.142. The van der Waals surface area contributed by atoms with Crippen LogP contribution >= 0.6 is 0 Å². The molecule has 0 bridgehead atoms. The van der Waals surface area contributed by atoms with Crippen LogP contribution in [0.1, 0.15) is 19.8 Å². The van der Waals surface area contributed by atoms with E-state index >= 15 is 0 Å². The van der Waals surface area contributed by atoms with Gasteiger partial charge >= 0.3 is 11.9 Å². The number of carbonyl (C=O) groups is 3. The molecule has 0 heterocycles. The topological polar surface area (TPSA) is 83.9 Å². The molecule has 1 N–H and O–H groups in total. The molecule has 0 aliphatic heterocycles. The summed E-state index contributed by atoms with van der Waals surface area (Å²) in [5.41, 5.74) is 0.495. The number of anilines is 1. The molecule has 0 aliphatic rings. The van der Waals surface area contributed by atoms with E-state index in [0.29, 0.717) is 12.3 Å². The smallest absolute Gasteiger partial charge is 0.328 e. The van der Waals surface area contributed by atoms with Crippen LogP contribution in [-0.2, 0) is 19.1 Å². The minimum absolute atomic E-state index is 0.267. The molecule has 1 amide bonds. The van der Waals surface area contributed by atoms with Crippen LogP contribution in [0.3, 0.4) is 0 Å². The molecule has 0 atom stereocenters. The number of para-hydroxylation sites is 1. The highest BCUT2D eigenvalue weighted by Gasteiger charge is 2.18. The minimum Gasteiger partial charge on any atom is -0.478 e. The third kappa shape index (κ3) is 6.21. The SMILES string of the molecule is CCCCOC(=O)CN(C(=O)C=CC(=O)O)c1ccccc1. The average Bonchev–Trinajstić information content (AvgIpc) is 2.51. The fourth-order valence-corrected chi connectivity index (χ4v) is 1.64. The number of carbonyl (C=O) groups excluding carboxylic acids is 2. The van der Waals surface area contributed by atoms with E-state index in [9.17, 15) is 14.4 Å². The van der Waals surface area contributed by atoms with Crippen molar-refractivity contribution in [3.05, 3.63) is 42.5 Å². The molecule has 0 saturated carbocycles. The molecule has 6 heteroatoms. The van der Waals surface area contributed by atoms with Gasteiger partial charge in [-0.2, -0.15) is 0 Å². The number of unbranched alkanes of at least 4 members (excludes halogenated alkanes) is 1. The Morgan fingerprint density at radius 2 is 1.86 bits per heavy atom. The van der Waals surface area contributed by atoms with Gasteiger partial charge in [-0.3, -0.25) is 14.5 Å². The second kappa shape index (κ2) is 9.33. The van der Waals surface area contributed by atoms with Gasteiger partial charge in [0.25, 0.3) is 5.91 Å². The quantitative estimate of drug-likeness (QED) is 0.451. The van der Waals surface area contributed by atoms with Gasteiger partial charge in [0.15, 0.2) is 0 Å². The van der Waals surface area contributed by atoms with Gasteiger partial charge in [-0.25, -0.2) is 4.79 Å². The van der Waals surface area contributed by atoms with E-state index in [-0.39, 0.29) is 6.54 Å². The number of rotatable bonds is 8. The van der Waals surface area contributed by atoms with Crippen molar-refractivity contribution in [1.82, 2.24) is 0 Å². The number of ether oxygens (including phenoxy) is 1. The lowest BCUT2D eigenvalue weighted by Crippen LogP contribution is -2.35. The zero-order valence-corrected chi connectivity index (χ0v) is 12.4. The summed E-state index contributed by atoms with van der Waals surface area (Å²) >= 11 is 0. The van der Waals surface area contributed by atoms with Crippen molar-refractivity contribution in [2.75, 3.05) is 18.1 Å². The van der Waals surface area contributed by atoms with Crippen molar-refractivity contribution < 1.29 is 24.2 Å². The first kappa shape index (κ1) is 17.4. The second-order valence-electron chi connectivity index (χ2n) is 4.51. The Kier molecular flexibility index (Phi) is 7.39. The predicted molar refractivity (Wildman–Crippen MR) is 81.4 cm³/mol. The zero-order valence-electron chi connectivity index (χ0n) is 12.4. The van der Waals surface area contributed by atoms with Crippen LogP contribution in [0.25, 0.3) is 0 Å². The van der Waals surface area contributed by atoms with Gasteiger partial charge < -0.3 is 9.84 Å². The van der Waals surface area contributed by atoms with Gasteiger partial charge in [0.2, 0.25) is 0 Å². The molecule has 1 rings (SSSR count). The maximum Gasteiger partial charge on any atom is 0.328 e. The van der Waals surface area contributed by atoms with Crippen LogP contribution in [0.4, 0.5) is 5.69 Å². The van der Waals surface area contributed by atoms with E-state index in [4.69, 9.17) is 9.84 Å². The fraction of sp³-hybridized carbons (Fsp3) is 0.312. The summed E-state index contributed by atoms with van der Waals surface area (Å²) in [7, 11) is 0. The summed E-state index contributed by atoms with van der Waals surface area (Å²) in [6.45, 7) is 2.01. The van der Waals surface area contributed by atoms with Gasteiger partial charge in [-0.15, -0.1) is 0 Å². The van der Waals surface area contributed by atoms with E-state index in [1.165, 1.54) is 4.90 Å². The molecule has 0 aromatic heterocycles. The summed E-state index contributed by atoms with van der Waals surface area (Å²) in [6.07, 6.45) is 3.30. The Morgan fingerprint density at radius 1 is 1.18 bits per heavy atom. The number of amides is 1. The molecule has 6 nitrogen and oxygen atoms in total. The Balaban J connectivity index is 2.81. The number of carboxylic acid groups (broad SMARTS) is 1. The van der Waals surface area contributed by atoms with Crippen molar-refractivity contribution in [2.45, 2.75) is 19.8 Å². The Bertz CT molecular complexity index is 539.